The monoisotopic (exact) mass is 329 g/mol. The molecule has 0 bridgehead atoms. The standard InChI is InChI=1S/C16H31N3O2S/c1-2-3-4-5-6-7-8-9-10-15(20)19(22)14-13-18-12-11-17-16(18)21/h22H,2-14H2,1H3,(H,17,21). The first-order chi connectivity index (χ1) is 10.6. The van der Waals surface area contributed by atoms with Crippen LogP contribution in [0.2, 0.25) is 0 Å². The van der Waals surface area contributed by atoms with Crippen LogP contribution in [0.4, 0.5) is 4.79 Å². The van der Waals surface area contributed by atoms with Crippen LogP contribution in [0.5, 0.6) is 0 Å². The maximum absolute atomic E-state index is 11.9. The quantitative estimate of drug-likeness (QED) is 0.427. The predicted molar refractivity (Wildman–Crippen MR) is 92.9 cm³/mol. The summed E-state index contributed by atoms with van der Waals surface area (Å²) in [7, 11) is 0. The van der Waals surface area contributed by atoms with Crippen molar-refractivity contribution in [2.45, 2.75) is 64.7 Å². The average molecular weight is 330 g/mol. The van der Waals surface area contributed by atoms with Crippen LogP contribution in [-0.2, 0) is 4.79 Å². The second-order valence-corrected chi connectivity index (χ2v) is 6.44. The fraction of sp³-hybridized carbons (Fsp3) is 0.875. The lowest BCUT2D eigenvalue weighted by Gasteiger charge is -2.20. The SMILES string of the molecule is CCCCCCCCCCC(=O)N(S)CCN1CCNC1=O. The third-order valence-electron chi connectivity index (χ3n) is 4.06. The number of carbonyl (C=O) groups excluding carboxylic acids is 2. The number of urea groups is 1. The van der Waals surface area contributed by atoms with E-state index in [2.05, 4.69) is 25.1 Å². The fourth-order valence-corrected chi connectivity index (χ4v) is 2.79. The molecule has 0 unspecified atom stereocenters. The molecule has 6 heteroatoms. The highest BCUT2D eigenvalue weighted by Gasteiger charge is 2.20. The zero-order valence-electron chi connectivity index (χ0n) is 13.9. The minimum Gasteiger partial charge on any atom is -0.336 e. The highest BCUT2D eigenvalue weighted by atomic mass is 32.1. The molecule has 1 aliphatic heterocycles. The minimum atomic E-state index is -0.0442. The Hall–Kier alpha value is -0.910. The van der Waals surface area contributed by atoms with E-state index in [1.807, 2.05) is 0 Å². The zero-order valence-corrected chi connectivity index (χ0v) is 14.7. The third-order valence-corrected chi connectivity index (χ3v) is 4.48. The van der Waals surface area contributed by atoms with E-state index in [0.717, 1.165) is 12.8 Å². The molecule has 1 fully saturated rings. The van der Waals surface area contributed by atoms with E-state index in [-0.39, 0.29) is 11.9 Å². The molecule has 1 heterocycles. The van der Waals surface area contributed by atoms with Gasteiger partial charge in [-0.1, -0.05) is 64.7 Å². The summed E-state index contributed by atoms with van der Waals surface area (Å²) < 4.78 is 1.45. The second-order valence-electron chi connectivity index (χ2n) is 5.96. The lowest BCUT2D eigenvalue weighted by Crippen LogP contribution is -2.35. The van der Waals surface area contributed by atoms with Gasteiger partial charge in [0.05, 0.1) is 0 Å². The molecular weight excluding hydrogens is 298 g/mol. The Kier molecular flexibility index (Phi) is 10.1. The van der Waals surface area contributed by atoms with Gasteiger partial charge in [0.15, 0.2) is 0 Å². The van der Waals surface area contributed by atoms with Gasteiger partial charge in [0.25, 0.3) is 0 Å². The van der Waals surface area contributed by atoms with Gasteiger partial charge in [-0.15, -0.1) is 0 Å². The smallest absolute Gasteiger partial charge is 0.317 e. The van der Waals surface area contributed by atoms with Crippen molar-refractivity contribution >= 4 is 24.8 Å². The zero-order chi connectivity index (χ0) is 16.2. The van der Waals surface area contributed by atoms with E-state index in [4.69, 9.17) is 0 Å². The van der Waals surface area contributed by atoms with Crippen molar-refractivity contribution in [3.63, 3.8) is 0 Å². The number of carbonyl (C=O) groups is 2. The lowest BCUT2D eigenvalue weighted by atomic mass is 10.1. The summed E-state index contributed by atoms with van der Waals surface area (Å²) in [4.78, 5) is 25.0. The average Bonchev–Trinajstić information content (AvgIpc) is 2.92. The van der Waals surface area contributed by atoms with Gasteiger partial charge in [-0.3, -0.25) is 9.10 Å². The molecule has 1 N–H and O–H groups in total. The molecule has 1 saturated heterocycles. The van der Waals surface area contributed by atoms with E-state index in [1.165, 1.54) is 42.8 Å². The summed E-state index contributed by atoms with van der Waals surface area (Å²) in [5.41, 5.74) is 0. The molecule has 0 aromatic rings. The molecule has 0 spiro atoms. The summed E-state index contributed by atoms with van der Waals surface area (Å²) in [6, 6.07) is -0.0442. The molecule has 3 amide bonds. The Morgan fingerprint density at radius 1 is 1.18 bits per heavy atom. The Morgan fingerprint density at radius 3 is 2.41 bits per heavy atom. The molecule has 22 heavy (non-hydrogen) atoms. The number of amides is 3. The molecule has 0 aromatic carbocycles. The minimum absolute atomic E-state index is 0.0442. The van der Waals surface area contributed by atoms with Crippen molar-refractivity contribution in [3.05, 3.63) is 0 Å². The second kappa shape index (κ2) is 11.6. The van der Waals surface area contributed by atoms with E-state index in [1.54, 1.807) is 4.90 Å². The van der Waals surface area contributed by atoms with Crippen LogP contribution in [0, 0.1) is 0 Å². The van der Waals surface area contributed by atoms with Crippen LogP contribution in [0.1, 0.15) is 64.7 Å². The number of unbranched alkanes of at least 4 members (excludes halogenated alkanes) is 7. The van der Waals surface area contributed by atoms with Gasteiger partial charge >= 0.3 is 6.03 Å². The topological polar surface area (TPSA) is 52.7 Å². The molecule has 0 atom stereocenters. The molecule has 0 saturated carbocycles. The summed E-state index contributed by atoms with van der Waals surface area (Å²) in [5.74, 6) is 0.0638. The summed E-state index contributed by atoms with van der Waals surface area (Å²) >= 11 is 4.23. The van der Waals surface area contributed by atoms with Crippen LogP contribution in [0.15, 0.2) is 0 Å². The van der Waals surface area contributed by atoms with Crippen LogP contribution in [0.25, 0.3) is 0 Å². The highest BCUT2D eigenvalue weighted by Crippen LogP contribution is 2.11. The van der Waals surface area contributed by atoms with Crippen molar-refractivity contribution in [1.29, 1.82) is 0 Å². The highest BCUT2D eigenvalue weighted by molar-refractivity contribution is 7.78. The number of nitrogens with zero attached hydrogens (tertiary/aromatic N) is 2. The fourth-order valence-electron chi connectivity index (χ4n) is 2.60. The van der Waals surface area contributed by atoms with E-state index in [9.17, 15) is 9.59 Å². The van der Waals surface area contributed by atoms with E-state index >= 15 is 0 Å². The number of hydrogen-bond acceptors (Lipinski definition) is 3. The molecule has 0 radical (unpaired) electrons. The maximum Gasteiger partial charge on any atom is 0.317 e. The van der Waals surface area contributed by atoms with Crippen LogP contribution in [0.3, 0.4) is 0 Å². The van der Waals surface area contributed by atoms with Gasteiger partial charge < -0.3 is 10.2 Å². The number of hydrogen-bond donors (Lipinski definition) is 2. The van der Waals surface area contributed by atoms with E-state index < -0.39 is 0 Å². The van der Waals surface area contributed by atoms with E-state index in [0.29, 0.717) is 32.6 Å². The third kappa shape index (κ3) is 7.92. The first-order valence-corrected chi connectivity index (χ1v) is 9.07. The maximum atomic E-state index is 11.9. The van der Waals surface area contributed by atoms with Gasteiger partial charge in [-0.25, -0.2) is 4.79 Å². The van der Waals surface area contributed by atoms with Gasteiger partial charge in [0.2, 0.25) is 5.91 Å². The van der Waals surface area contributed by atoms with Gasteiger partial charge in [0, 0.05) is 32.6 Å². The van der Waals surface area contributed by atoms with Crippen molar-refractivity contribution in [2.24, 2.45) is 0 Å². The Bertz CT molecular complexity index is 339. The largest absolute Gasteiger partial charge is 0.336 e. The van der Waals surface area contributed by atoms with Gasteiger partial charge in [-0.2, -0.15) is 0 Å². The molecule has 0 aliphatic carbocycles. The van der Waals surface area contributed by atoms with Gasteiger partial charge in [-0.05, 0) is 6.42 Å². The van der Waals surface area contributed by atoms with Crippen LogP contribution in [-0.4, -0.2) is 47.3 Å². The summed E-state index contributed by atoms with van der Waals surface area (Å²) in [5, 5.41) is 2.75. The molecular formula is C16H31N3O2S. The molecule has 0 aromatic heterocycles. The normalized spacial score (nSPS) is 14.3. The Morgan fingerprint density at radius 2 is 1.82 bits per heavy atom. The van der Waals surface area contributed by atoms with Crippen molar-refractivity contribution in [3.8, 4) is 0 Å². The molecule has 1 aliphatic rings. The van der Waals surface area contributed by atoms with Crippen molar-refractivity contribution < 1.29 is 9.59 Å². The predicted octanol–water partition coefficient (Wildman–Crippen LogP) is 3.22. The Labute approximate surface area is 140 Å². The summed E-state index contributed by atoms with van der Waals surface area (Å²) in [6.45, 7) is 4.68. The van der Waals surface area contributed by atoms with Crippen molar-refractivity contribution in [1.82, 2.24) is 14.5 Å². The lowest BCUT2D eigenvalue weighted by molar-refractivity contribution is -0.126. The summed E-state index contributed by atoms with van der Waals surface area (Å²) in [6.07, 6.45) is 10.4. The number of nitrogens with one attached hydrogen (secondary N) is 1. The first-order valence-electron chi connectivity index (χ1n) is 8.67. The van der Waals surface area contributed by atoms with Crippen molar-refractivity contribution in [2.75, 3.05) is 26.2 Å². The van der Waals surface area contributed by atoms with Crippen LogP contribution >= 0.6 is 12.8 Å². The molecule has 5 nitrogen and oxygen atoms in total. The molecule has 1 rings (SSSR count). The van der Waals surface area contributed by atoms with Gasteiger partial charge in [0.1, 0.15) is 0 Å². The number of thiol groups is 1. The van der Waals surface area contributed by atoms with Crippen LogP contribution < -0.4 is 5.32 Å². The Balaban J connectivity index is 1.98. The molecule has 128 valence electrons. The first kappa shape index (κ1) is 19.1. The number of rotatable bonds is 12.